The SMILES string of the molecule is CCc1noc(C2CCCCN2C(=O)/C=C/c2cccc(OC)c2)n1. The van der Waals surface area contributed by atoms with Gasteiger partial charge >= 0.3 is 0 Å². The minimum absolute atomic E-state index is 0.0382. The topological polar surface area (TPSA) is 68.5 Å². The minimum atomic E-state index is -0.135. The van der Waals surface area contributed by atoms with Crippen molar-refractivity contribution in [2.24, 2.45) is 0 Å². The Bertz CT molecular complexity index is 754. The summed E-state index contributed by atoms with van der Waals surface area (Å²) in [5.41, 5.74) is 0.923. The number of amides is 1. The molecule has 1 fully saturated rings. The summed E-state index contributed by atoms with van der Waals surface area (Å²) in [6, 6.07) is 7.47. The van der Waals surface area contributed by atoms with Gasteiger partial charge in [0.25, 0.3) is 0 Å². The van der Waals surface area contributed by atoms with Gasteiger partial charge < -0.3 is 14.2 Å². The Morgan fingerprint density at radius 3 is 3.08 bits per heavy atom. The fourth-order valence-corrected chi connectivity index (χ4v) is 3.01. The van der Waals surface area contributed by atoms with Crippen LogP contribution in [0.2, 0.25) is 0 Å². The van der Waals surface area contributed by atoms with Crippen molar-refractivity contribution < 1.29 is 14.1 Å². The van der Waals surface area contributed by atoms with Crippen LogP contribution in [-0.2, 0) is 11.2 Å². The molecular formula is C19H23N3O3. The third kappa shape index (κ3) is 4.07. The number of nitrogens with zero attached hydrogens (tertiary/aromatic N) is 3. The van der Waals surface area contributed by atoms with Crippen LogP contribution in [0.4, 0.5) is 0 Å². The van der Waals surface area contributed by atoms with Crippen LogP contribution in [0.3, 0.4) is 0 Å². The summed E-state index contributed by atoms with van der Waals surface area (Å²) >= 11 is 0. The Labute approximate surface area is 147 Å². The summed E-state index contributed by atoms with van der Waals surface area (Å²) in [7, 11) is 1.63. The lowest BCUT2D eigenvalue weighted by Gasteiger charge is -2.32. The van der Waals surface area contributed by atoms with Crippen molar-refractivity contribution in [2.75, 3.05) is 13.7 Å². The second-order valence-corrected chi connectivity index (χ2v) is 6.06. The highest BCUT2D eigenvalue weighted by atomic mass is 16.5. The molecule has 0 radical (unpaired) electrons. The predicted octanol–water partition coefficient (Wildman–Crippen LogP) is 3.41. The zero-order chi connectivity index (χ0) is 17.6. The van der Waals surface area contributed by atoms with E-state index in [4.69, 9.17) is 9.26 Å². The average molecular weight is 341 g/mol. The van der Waals surface area contributed by atoms with Crippen molar-refractivity contribution in [3.05, 3.63) is 47.6 Å². The van der Waals surface area contributed by atoms with Crippen LogP contribution >= 0.6 is 0 Å². The molecule has 1 saturated heterocycles. The largest absolute Gasteiger partial charge is 0.497 e. The lowest BCUT2D eigenvalue weighted by Crippen LogP contribution is -2.37. The van der Waals surface area contributed by atoms with Crippen molar-refractivity contribution in [3.63, 3.8) is 0 Å². The van der Waals surface area contributed by atoms with Crippen molar-refractivity contribution >= 4 is 12.0 Å². The standard InChI is InChI=1S/C19H23N3O3/c1-3-17-20-19(25-21-17)16-9-4-5-12-22(16)18(23)11-10-14-7-6-8-15(13-14)24-2/h6-8,10-11,13,16H,3-5,9,12H2,1-2H3/b11-10+. The summed E-state index contributed by atoms with van der Waals surface area (Å²) in [6.45, 7) is 2.69. The predicted molar refractivity (Wildman–Crippen MR) is 94.0 cm³/mol. The number of aromatic nitrogens is 2. The quantitative estimate of drug-likeness (QED) is 0.780. The molecule has 0 spiro atoms. The molecule has 2 aromatic rings. The monoisotopic (exact) mass is 341 g/mol. The number of hydrogen-bond donors (Lipinski definition) is 0. The molecule has 132 valence electrons. The normalized spacial score (nSPS) is 17.8. The first-order valence-corrected chi connectivity index (χ1v) is 8.66. The van der Waals surface area contributed by atoms with Gasteiger partial charge in [0.1, 0.15) is 11.8 Å². The summed E-state index contributed by atoms with van der Waals surface area (Å²) in [5, 5.41) is 3.96. The third-order valence-electron chi connectivity index (χ3n) is 4.38. The first-order valence-electron chi connectivity index (χ1n) is 8.66. The van der Waals surface area contributed by atoms with Gasteiger partial charge in [-0.05, 0) is 43.0 Å². The molecule has 3 rings (SSSR count). The first-order chi connectivity index (χ1) is 12.2. The van der Waals surface area contributed by atoms with E-state index in [-0.39, 0.29) is 11.9 Å². The van der Waals surface area contributed by atoms with Crippen LogP contribution in [0.5, 0.6) is 5.75 Å². The van der Waals surface area contributed by atoms with Crippen molar-refractivity contribution in [3.8, 4) is 5.75 Å². The van der Waals surface area contributed by atoms with Gasteiger partial charge in [-0.1, -0.05) is 24.2 Å². The maximum atomic E-state index is 12.7. The van der Waals surface area contributed by atoms with E-state index in [1.54, 1.807) is 13.2 Å². The lowest BCUT2D eigenvalue weighted by molar-refractivity contribution is -0.130. The zero-order valence-electron chi connectivity index (χ0n) is 14.6. The van der Waals surface area contributed by atoms with Gasteiger partial charge in [0, 0.05) is 19.0 Å². The van der Waals surface area contributed by atoms with Gasteiger partial charge in [0.15, 0.2) is 5.82 Å². The second-order valence-electron chi connectivity index (χ2n) is 6.06. The zero-order valence-corrected chi connectivity index (χ0v) is 14.6. The van der Waals surface area contributed by atoms with Crippen LogP contribution in [0.25, 0.3) is 6.08 Å². The number of piperidine rings is 1. The Morgan fingerprint density at radius 1 is 1.44 bits per heavy atom. The van der Waals surface area contributed by atoms with E-state index in [1.807, 2.05) is 42.2 Å². The second kappa shape index (κ2) is 7.96. The Morgan fingerprint density at radius 2 is 2.32 bits per heavy atom. The fraction of sp³-hybridized carbons (Fsp3) is 0.421. The van der Waals surface area contributed by atoms with E-state index >= 15 is 0 Å². The summed E-state index contributed by atoms with van der Waals surface area (Å²) in [6.07, 6.45) is 7.03. The Hall–Kier alpha value is -2.63. The molecule has 0 bridgehead atoms. The number of methoxy groups -OCH3 is 1. The van der Waals surface area contributed by atoms with E-state index in [0.29, 0.717) is 18.3 Å². The first kappa shape index (κ1) is 17.2. The van der Waals surface area contributed by atoms with Crippen molar-refractivity contribution in [1.29, 1.82) is 0 Å². The molecule has 6 heteroatoms. The molecular weight excluding hydrogens is 318 g/mol. The highest BCUT2D eigenvalue weighted by Crippen LogP contribution is 2.30. The molecule has 1 aromatic carbocycles. The molecule has 1 aromatic heterocycles. The molecule has 6 nitrogen and oxygen atoms in total. The molecule has 1 unspecified atom stereocenters. The molecule has 0 N–H and O–H groups in total. The molecule has 1 atom stereocenters. The maximum Gasteiger partial charge on any atom is 0.249 e. The molecule has 0 saturated carbocycles. The molecule has 2 heterocycles. The molecule has 1 amide bonds. The third-order valence-corrected chi connectivity index (χ3v) is 4.38. The smallest absolute Gasteiger partial charge is 0.249 e. The molecule has 0 aliphatic carbocycles. The van der Waals surface area contributed by atoms with Gasteiger partial charge in [0.05, 0.1) is 7.11 Å². The Kier molecular flexibility index (Phi) is 5.48. The lowest BCUT2D eigenvalue weighted by atomic mass is 10.0. The maximum absolute atomic E-state index is 12.7. The number of benzene rings is 1. The van der Waals surface area contributed by atoms with Crippen LogP contribution in [-0.4, -0.2) is 34.6 Å². The van der Waals surface area contributed by atoms with Gasteiger partial charge in [-0.2, -0.15) is 4.98 Å². The number of carbonyl (C=O) groups excluding carboxylic acids is 1. The summed E-state index contributed by atoms with van der Waals surface area (Å²) in [4.78, 5) is 18.9. The average Bonchev–Trinajstić information content (AvgIpc) is 3.15. The van der Waals surface area contributed by atoms with Crippen molar-refractivity contribution in [2.45, 2.75) is 38.6 Å². The number of hydrogen-bond acceptors (Lipinski definition) is 5. The van der Waals surface area contributed by atoms with E-state index in [2.05, 4.69) is 10.1 Å². The van der Waals surface area contributed by atoms with Gasteiger partial charge in [0.2, 0.25) is 11.8 Å². The van der Waals surface area contributed by atoms with Crippen LogP contribution in [0, 0.1) is 0 Å². The highest BCUT2D eigenvalue weighted by molar-refractivity contribution is 5.92. The van der Waals surface area contributed by atoms with E-state index in [9.17, 15) is 4.79 Å². The summed E-state index contributed by atoms with van der Waals surface area (Å²) < 4.78 is 10.6. The highest BCUT2D eigenvalue weighted by Gasteiger charge is 2.31. The van der Waals surface area contributed by atoms with Gasteiger partial charge in [-0.25, -0.2) is 0 Å². The van der Waals surface area contributed by atoms with Gasteiger partial charge in [-0.3, -0.25) is 4.79 Å². The number of carbonyl (C=O) groups is 1. The van der Waals surface area contributed by atoms with Crippen molar-refractivity contribution in [1.82, 2.24) is 15.0 Å². The molecule has 1 aliphatic heterocycles. The van der Waals surface area contributed by atoms with E-state index in [0.717, 1.165) is 37.0 Å². The number of aryl methyl sites for hydroxylation is 1. The van der Waals surface area contributed by atoms with E-state index < -0.39 is 0 Å². The number of likely N-dealkylation sites (tertiary alicyclic amines) is 1. The van der Waals surface area contributed by atoms with Crippen LogP contribution in [0.15, 0.2) is 34.9 Å². The Balaban J connectivity index is 1.75. The van der Waals surface area contributed by atoms with Gasteiger partial charge in [-0.15, -0.1) is 0 Å². The number of ether oxygens (including phenoxy) is 1. The van der Waals surface area contributed by atoms with Crippen LogP contribution < -0.4 is 4.74 Å². The molecule has 1 aliphatic rings. The summed E-state index contributed by atoms with van der Waals surface area (Å²) in [5.74, 6) is 1.95. The fourth-order valence-electron chi connectivity index (χ4n) is 3.01. The molecule has 25 heavy (non-hydrogen) atoms. The minimum Gasteiger partial charge on any atom is -0.497 e. The number of rotatable bonds is 5. The van der Waals surface area contributed by atoms with E-state index in [1.165, 1.54) is 0 Å². The van der Waals surface area contributed by atoms with Crippen LogP contribution in [0.1, 0.15) is 49.5 Å².